The third-order valence-electron chi connectivity index (χ3n) is 3.83. The van der Waals surface area contributed by atoms with Crippen LogP contribution in [0.2, 0.25) is 0 Å². The summed E-state index contributed by atoms with van der Waals surface area (Å²) in [6, 6.07) is 5.30. The first kappa shape index (κ1) is 17.9. The van der Waals surface area contributed by atoms with E-state index in [1.165, 1.54) is 31.2 Å². The van der Waals surface area contributed by atoms with Crippen molar-refractivity contribution in [1.29, 1.82) is 5.26 Å². The van der Waals surface area contributed by atoms with Gasteiger partial charge >= 0.3 is 5.97 Å². The minimum Gasteiger partial charge on any atom is -0.480 e. The molecule has 1 fully saturated rings. The Balaban J connectivity index is 2.23. The number of carbonyl (C=O) groups is 2. The highest BCUT2D eigenvalue weighted by atomic mass is 32.2. The first-order valence-electron chi connectivity index (χ1n) is 7.32. The van der Waals surface area contributed by atoms with Crippen molar-refractivity contribution in [3.05, 3.63) is 29.8 Å². The maximum Gasteiger partial charge on any atom is 0.325 e. The number of amides is 1. The summed E-state index contributed by atoms with van der Waals surface area (Å²) in [7, 11) is -3.90. The molecular formula is C15H17N3O5S. The van der Waals surface area contributed by atoms with Gasteiger partial charge in [-0.15, -0.1) is 0 Å². The van der Waals surface area contributed by atoms with Crippen molar-refractivity contribution in [3.63, 3.8) is 0 Å². The summed E-state index contributed by atoms with van der Waals surface area (Å²) in [6.07, 6.45) is 0.836. The Labute approximate surface area is 139 Å². The lowest BCUT2D eigenvalue weighted by Crippen LogP contribution is -2.49. The van der Waals surface area contributed by atoms with Gasteiger partial charge in [0.2, 0.25) is 15.9 Å². The number of nitrogens with one attached hydrogen (secondary N) is 1. The van der Waals surface area contributed by atoms with Crippen LogP contribution < -0.4 is 5.32 Å². The minimum absolute atomic E-state index is 0.00696. The maximum atomic E-state index is 12.7. The van der Waals surface area contributed by atoms with Gasteiger partial charge in [-0.1, -0.05) is 0 Å². The van der Waals surface area contributed by atoms with Gasteiger partial charge in [-0.2, -0.15) is 9.57 Å². The summed E-state index contributed by atoms with van der Waals surface area (Å²) in [4.78, 5) is 23.1. The quantitative estimate of drug-likeness (QED) is 0.785. The normalized spacial score (nSPS) is 19.4. The van der Waals surface area contributed by atoms with Crippen LogP contribution in [-0.4, -0.2) is 48.3 Å². The largest absolute Gasteiger partial charge is 0.480 e. The van der Waals surface area contributed by atoms with E-state index in [2.05, 4.69) is 5.32 Å². The van der Waals surface area contributed by atoms with Gasteiger partial charge in [-0.25, -0.2) is 8.42 Å². The third kappa shape index (κ3) is 3.55. The zero-order valence-electron chi connectivity index (χ0n) is 13.0. The van der Waals surface area contributed by atoms with Gasteiger partial charge in [0.1, 0.15) is 12.1 Å². The zero-order chi connectivity index (χ0) is 17.9. The number of nitriles is 1. The minimum atomic E-state index is -3.90. The van der Waals surface area contributed by atoms with Crippen LogP contribution in [-0.2, 0) is 19.6 Å². The third-order valence-corrected chi connectivity index (χ3v) is 5.75. The molecule has 2 N–H and O–H groups in total. The molecule has 2 atom stereocenters. The Kier molecular flexibility index (Phi) is 5.21. The summed E-state index contributed by atoms with van der Waals surface area (Å²) in [6.45, 7) is 1.50. The number of hydrogen-bond donors (Lipinski definition) is 2. The Bertz CT molecular complexity index is 782. The van der Waals surface area contributed by atoms with Crippen molar-refractivity contribution in [3.8, 4) is 6.07 Å². The number of sulfonamides is 1. The Morgan fingerprint density at radius 1 is 1.38 bits per heavy atom. The average molecular weight is 351 g/mol. The van der Waals surface area contributed by atoms with Crippen LogP contribution in [0.3, 0.4) is 0 Å². The number of carboxylic acids is 1. The molecule has 0 bridgehead atoms. The van der Waals surface area contributed by atoms with Crippen LogP contribution in [0.25, 0.3) is 0 Å². The number of carboxylic acid groups (broad SMARTS) is 1. The van der Waals surface area contributed by atoms with E-state index in [-0.39, 0.29) is 11.4 Å². The van der Waals surface area contributed by atoms with E-state index in [1.54, 1.807) is 0 Å². The summed E-state index contributed by atoms with van der Waals surface area (Å²) < 4.78 is 26.5. The molecule has 1 amide bonds. The van der Waals surface area contributed by atoms with E-state index in [1.807, 2.05) is 6.07 Å². The second kappa shape index (κ2) is 6.98. The lowest BCUT2D eigenvalue weighted by Gasteiger charge is -2.24. The fourth-order valence-electron chi connectivity index (χ4n) is 2.50. The molecule has 1 aromatic carbocycles. The molecule has 1 aromatic rings. The molecular weight excluding hydrogens is 334 g/mol. The van der Waals surface area contributed by atoms with Crippen molar-refractivity contribution in [2.45, 2.75) is 36.7 Å². The van der Waals surface area contributed by atoms with Crippen LogP contribution in [0.15, 0.2) is 29.2 Å². The molecule has 24 heavy (non-hydrogen) atoms. The van der Waals surface area contributed by atoms with Gasteiger partial charge in [-0.05, 0) is 44.0 Å². The maximum absolute atomic E-state index is 12.7. The van der Waals surface area contributed by atoms with Crippen LogP contribution in [0.5, 0.6) is 0 Å². The first-order chi connectivity index (χ1) is 11.3. The Hall–Kier alpha value is -2.44. The zero-order valence-corrected chi connectivity index (χ0v) is 13.8. The van der Waals surface area contributed by atoms with Gasteiger partial charge in [0.25, 0.3) is 0 Å². The van der Waals surface area contributed by atoms with E-state index in [4.69, 9.17) is 10.4 Å². The SMILES string of the molecule is CC(NC(=O)[C@@H]1CCCN1S(=O)(=O)c1ccc(C#N)cc1)C(=O)O. The lowest BCUT2D eigenvalue weighted by molar-refractivity contribution is -0.141. The van der Waals surface area contributed by atoms with E-state index >= 15 is 0 Å². The van der Waals surface area contributed by atoms with Crippen molar-refractivity contribution in [2.75, 3.05) is 6.54 Å². The Morgan fingerprint density at radius 2 is 2.00 bits per heavy atom. The molecule has 0 radical (unpaired) electrons. The van der Waals surface area contributed by atoms with Gasteiger partial charge in [0, 0.05) is 6.54 Å². The molecule has 1 unspecified atom stereocenters. The molecule has 1 heterocycles. The van der Waals surface area contributed by atoms with Crippen LogP contribution >= 0.6 is 0 Å². The molecule has 0 spiro atoms. The van der Waals surface area contributed by atoms with Crippen molar-refractivity contribution in [2.24, 2.45) is 0 Å². The number of aliphatic carboxylic acids is 1. The van der Waals surface area contributed by atoms with Crippen LogP contribution in [0.1, 0.15) is 25.3 Å². The van der Waals surface area contributed by atoms with Gasteiger partial charge in [0.15, 0.2) is 0 Å². The van der Waals surface area contributed by atoms with Crippen LogP contribution in [0, 0.1) is 11.3 Å². The predicted octanol–water partition coefficient (Wildman–Crippen LogP) is 0.301. The summed E-state index contributed by atoms with van der Waals surface area (Å²) >= 11 is 0. The molecule has 2 rings (SSSR count). The molecule has 1 aliphatic heterocycles. The fourth-order valence-corrected chi connectivity index (χ4v) is 4.15. The lowest BCUT2D eigenvalue weighted by atomic mass is 10.2. The number of nitrogens with zero attached hydrogens (tertiary/aromatic N) is 2. The van der Waals surface area contributed by atoms with E-state index in [9.17, 15) is 18.0 Å². The molecule has 0 aromatic heterocycles. The van der Waals surface area contributed by atoms with Crippen LogP contribution in [0.4, 0.5) is 0 Å². The van der Waals surface area contributed by atoms with Crippen molar-refractivity contribution < 1.29 is 23.1 Å². The smallest absolute Gasteiger partial charge is 0.325 e. The second-order valence-corrected chi connectivity index (χ2v) is 7.37. The van der Waals surface area contributed by atoms with Crippen molar-refractivity contribution >= 4 is 21.9 Å². The summed E-state index contributed by atoms with van der Waals surface area (Å²) in [5.41, 5.74) is 0.333. The molecule has 128 valence electrons. The van der Waals surface area contributed by atoms with E-state index in [0.29, 0.717) is 18.4 Å². The standard InChI is InChI=1S/C15H17N3O5S/c1-10(15(20)21)17-14(19)13-3-2-8-18(13)24(22,23)12-6-4-11(9-16)5-7-12/h4-7,10,13H,2-3,8H2,1H3,(H,17,19)(H,20,21)/t10?,13-/m0/s1. The number of carbonyl (C=O) groups excluding carboxylic acids is 1. The van der Waals surface area contributed by atoms with Gasteiger partial charge in [-0.3, -0.25) is 9.59 Å². The highest BCUT2D eigenvalue weighted by Crippen LogP contribution is 2.26. The highest BCUT2D eigenvalue weighted by Gasteiger charge is 2.40. The number of benzene rings is 1. The molecule has 0 aliphatic carbocycles. The molecule has 1 aliphatic rings. The summed E-state index contributed by atoms with van der Waals surface area (Å²) in [5.74, 6) is -1.82. The molecule has 8 nitrogen and oxygen atoms in total. The average Bonchev–Trinajstić information content (AvgIpc) is 3.05. The highest BCUT2D eigenvalue weighted by molar-refractivity contribution is 7.89. The van der Waals surface area contributed by atoms with E-state index < -0.39 is 34.0 Å². The van der Waals surface area contributed by atoms with Gasteiger partial charge in [0.05, 0.1) is 16.5 Å². The predicted molar refractivity (Wildman–Crippen MR) is 83.3 cm³/mol. The van der Waals surface area contributed by atoms with Gasteiger partial charge < -0.3 is 10.4 Å². The molecule has 9 heteroatoms. The summed E-state index contributed by atoms with van der Waals surface area (Å²) in [5, 5.41) is 19.9. The fraction of sp³-hybridized carbons (Fsp3) is 0.400. The number of rotatable bonds is 5. The topological polar surface area (TPSA) is 128 Å². The molecule has 1 saturated heterocycles. The molecule has 0 saturated carbocycles. The monoisotopic (exact) mass is 351 g/mol. The Morgan fingerprint density at radius 3 is 2.54 bits per heavy atom. The van der Waals surface area contributed by atoms with E-state index in [0.717, 1.165) is 4.31 Å². The number of hydrogen-bond acceptors (Lipinski definition) is 5. The second-order valence-electron chi connectivity index (χ2n) is 5.48. The first-order valence-corrected chi connectivity index (χ1v) is 8.76. The van der Waals surface area contributed by atoms with Crippen molar-refractivity contribution in [1.82, 2.24) is 9.62 Å².